The van der Waals surface area contributed by atoms with Gasteiger partial charge in [0.25, 0.3) is 0 Å². The number of nitrogens with zero attached hydrogens (tertiary/aromatic N) is 1. The summed E-state index contributed by atoms with van der Waals surface area (Å²) < 4.78 is 8.59. The lowest BCUT2D eigenvalue weighted by atomic mass is 9.82. The van der Waals surface area contributed by atoms with Gasteiger partial charge in [0.15, 0.2) is 0 Å². The molecule has 5 aromatic carbocycles. The van der Waals surface area contributed by atoms with Crippen LogP contribution in [-0.4, -0.2) is 4.57 Å². The van der Waals surface area contributed by atoms with E-state index in [1.54, 1.807) is 0 Å². The van der Waals surface area contributed by atoms with E-state index >= 15 is 0 Å². The third-order valence-electron chi connectivity index (χ3n) is 8.44. The fraction of sp³-hybridized carbons (Fsp3) is 0.114. The number of fused-ring (bicyclic) bond motifs is 8. The van der Waals surface area contributed by atoms with Crippen LogP contribution in [0.15, 0.2) is 106 Å². The van der Waals surface area contributed by atoms with E-state index in [2.05, 4.69) is 79.1 Å². The number of hydrogen-bond acceptors (Lipinski definition) is 2. The Kier molecular flexibility index (Phi) is 4.08. The molecule has 0 bridgehead atoms. The fourth-order valence-electron chi connectivity index (χ4n) is 6.54. The summed E-state index contributed by atoms with van der Waals surface area (Å²) in [5, 5.41) is 3.66. The minimum Gasteiger partial charge on any atom is -0.456 e. The standard InChI is InChI=1S/C35H25NO2/c1-20-12-15-32-27(16-20)34(37)24-14-13-21(17-33(24)38-32)36-30-11-7-5-9-23(30)26-18-25-22-8-4-6-10-28(22)35(2,3)29(25)19-31(26)36/h4-19H,1-3H3. The molecule has 0 spiro atoms. The number of benzene rings is 5. The lowest BCUT2D eigenvalue weighted by Gasteiger charge is -2.21. The van der Waals surface area contributed by atoms with Crippen molar-refractivity contribution in [1.82, 2.24) is 4.57 Å². The van der Waals surface area contributed by atoms with Crippen molar-refractivity contribution in [3.05, 3.63) is 124 Å². The summed E-state index contributed by atoms with van der Waals surface area (Å²) in [6.07, 6.45) is 0. The molecule has 3 nitrogen and oxygen atoms in total. The molecule has 0 radical (unpaired) electrons. The molecule has 0 amide bonds. The van der Waals surface area contributed by atoms with Gasteiger partial charge in [-0.05, 0) is 71.6 Å². The normalized spacial score (nSPS) is 14.0. The maximum atomic E-state index is 13.3. The van der Waals surface area contributed by atoms with Gasteiger partial charge in [-0.3, -0.25) is 4.79 Å². The molecule has 0 unspecified atom stereocenters. The highest BCUT2D eigenvalue weighted by molar-refractivity contribution is 6.11. The summed E-state index contributed by atoms with van der Waals surface area (Å²) in [5.74, 6) is 0. The minimum absolute atomic E-state index is 0.0102. The topological polar surface area (TPSA) is 35.1 Å². The quantitative estimate of drug-likeness (QED) is 0.215. The van der Waals surface area contributed by atoms with E-state index in [1.165, 1.54) is 33.0 Å². The van der Waals surface area contributed by atoms with Crippen molar-refractivity contribution in [3.8, 4) is 16.8 Å². The third-order valence-corrected chi connectivity index (χ3v) is 8.44. The molecule has 0 fully saturated rings. The van der Waals surface area contributed by atoms with Crippen molar-refractivity contribution in [3.63, 3.8) is 0 Å². The number of aromatic nitrogens is 1. The van der Waals surface area contributed by atoms with Crippen LogP contribution in [0.1, 0.15) is 30.5 Å². The predicted molar refractivity (Wildman–Crippen MR) is 157 cm³/mol. The van der Waals surface area contributed by atoms with Gasteiger partial charge >= 0.3 is 0 Å². The van der Waals surface area contributed by atoms with Crippen LogP contribution in [0.3, 0.4) is 0 Å². The first-order valence-electron chi connectivity index (χ1n) is 13.1. The highest BCUT2D eigenvalue weighted by atomic mass is 16.3. The van der Waals surface area contributed by atoms with E-state index in [4.69, 9.17) is 4.42 Å². The van der Waals surface area contributed by atoms with Crippen LogP contribution < -0.4 is 5.43 Å². The molecule has 7 aromatic rings. The summed E-state index contributed by atoms with van der Waals surface area (Å²) in [6.45, 7) is 6.62. The number of hydrogen-bond donors (Lipinski definition) is 0. The molecule has 8 rings (SSSR count). The Labute approximate surface area is 219 Å². The molecule has 0 atom stereocenters. The summed E-state index contributed by atoms with van der Waals surface area (Å²) in [6, 6.07) is 33.8. The Morgan fingerprint density at radius 2 is 1.45 bits per heavy atom. The summed E-state index contributed by atoms with van der Waals surface area (Å²) >= 11 is 0. The molecule has 38 heavy (non-hydrogen) atoms. The first kappa shape index (κ1) is 21.5. The second-order valence-corrected chi connectivity index (χ2v) is 11.0. The summed E-state index contributed by atoms with van der Waals surface area (Å²) in [4.78, 5) is 13.3. The largest absolute Gasteiger partial charge is 0.456 e. The monoisotopic (exact) mass is 491 g/mol. The SMILES string of the molecule is Cc1ccc2oc3cc(-n4c5ccccc5c5cc6c(cc54)C(C)(C)c4ccccc4-6)ccc3c(=O)c2c1. The molecule has 1 aliphatic carbocycles. The molecule has 0 N–H and O–H groups in total. The Balaban J connectivity index is 1.45. The summed E-state index contributed by atoms with van der Waals surface area (Å²) in [7, 11) is 0. The van der Waals surface area contributed by atoms with Crippen molar-refractivity contribution in [2.75, 3.05) is 0 Å². The zero-order valence-corrected chi connectivity index (χ0v) is 21.5. The van der Waals surface area contributed by atoms with Gasteiger partial charge in [0, 0.05) is 27.9 Å². The molecule has 3 heteroatoms. The maximum Gasteiger partial charge on any atom is 0.200 e. The van der Waals surface area contributed by atoms with Crippen molar-refractivity contribution in [2.45, 2.75) is 26.2 Å². The van der Waals surface area contributed by atoms with Crippen LogP contribution in [0.25, 0.3) is 60.6 Å². The van der Waals surface area contributed by atoms with Crippen LogP contribution in [0, 0.1) is 6.92 Å². The molecule has 2 heterocycles. The van der Waals surface area contributed by atoms with E-state index in [-0.39, 0.29) is 10.8 Å². The second kappa shape index (κ2) is 7.23. The van der Waals surface area contributed by atoms with E-state index in [0.717, 1.165) is 22.3 Å². The van der Waals surface area contributed by atoms with Gasteiger partial charge in [-0.2, -0.15) is 0 Å². The highest BCUT2D eigenvalue weighted by Gasteiger charge is 2.36. The number of aryl methyl sites for hydroxylation is 1. The van der Waals surface area contributed by atoms with Crippen molar-refractivity contribution in [1.29, 1.82) is 0 Å². The van der Waals surface area contributed by atoms with E-state index < -0.39 is 0 Å². The number of rotatable bonds is 1. The summed E-state index contributed by atoms with van der Waals surface area (Å²) in [5.41, 5.74) is 10.8. The third kappa shape index (κ3) is 2.71. The smallest absolute Gasteiger partial charge is 0.200 e. The molecular formula is C35H25NO2. The number of para-hydroxylation sites is 1. The molecule has 182 valence electrons. The van der Waals surface area contributed by atoms with E-state index in [9.17, 15) is 4.79 Å². The first-order valence-corrected chi connectivity index (χ1v) is 13.1. The Morgan fingerprint density at radius 1 is 0.632 bits per heavy atom. The van der Waals surface area contributed by atoms with Crippen LogP contribution in [0.4, 0.5) is 0 Å². The van der Waals surface area contributed by atoms with E-state index in [1.807, 2.05) is 43.3 Å². The second-order valence-electron chi connectivity index (χ2n) is 11.0. The molecule has 1 aliphatic rings. The maximum absolute atomic E-state index is 13.3. The molecule has 0 aliphatic heterocycles. The van der Waals surface area contributed by atoms with Crippen LogP contribution >= 0.6 is 0 Å². The van der Waals surface area contributed by atoms with Crippen LogP contribution in [0.5, 0.6) is 0 Å². The van der Waals surface area contributed by atoms with Crippen LogP contribution in [-0.2, 0) is 5.41 Å². The van der Waals surface area contributed by atoms with Gasteiger partial charge in [-0.25, -0.2) is 0 Å². The Morgan fingerprint density at radius 3 is 2.34 bits per heavy atom. The van der Waals surface area contributed by atoms with Crippen molar-refractivity contribution in [2.24, 2.45) is 0 Å². The van der Waals surface area contributed by atoms with Gasteiger partial charge in [-0.1, -0.05) is 67.9 Å². The van der Waals surface area contributed by atoms with Gasteiger partial charge in [0.1, 0.15) is 11.2 Å². The zero-order valence-electron chi connectivity index (χ0n) is 21.5. The lowest BCUT2D eigenvalue weighted by molar-refractivity contribution is 0.659. The average molecular weight is 492 g/mol. The zero-order chi connectivity index (χ0) is 25.8. The predicted octanol–water partition coefficient (Wildman–Crippen LogP) is 8.66. The molecule has 2 aromatic heterocycles. The average Bonchev–Trinajstić information content (AvgIpc) is 3.37. The van der Waals surface area contributed by atoms with Gasteiger partial charge < -0.3 is 8.98 Å². The van der Waals surface area contributed by atoms with Gasteiger partial charge in [0.2, 0.25) is 5.43 Å². The minimum atomic E-state index is -0.0887. The highest BCUT2D eigenvalue weighted by Crippen LogP contribution is 2.50. The van der Waals surface area contributed by atoms with Crippen LogP contribution in [0.2, 0.25) is 0 Å². The van der Waals surface area contributed by atoms with Gasteiger partial charge in [0.05, 0.1) is 21.8 Å². The molecular weight excluding hydrogens is 466 g/mol. The van der Waals surface area contributed by atoms with Crippen molar-refractivity contribution >= 4 is 43.7 Å². The first-order chi connectivity index (χ1) is 18.4. The molecule has 0 saturated heterocycles. The fourth-order valence-corrected chi connectivity index (χ4v) is 6.54. The van der Waals surface area contributed by atoms with Crippen molar-refractivity contribution < 1.29 is 4.42 Å². The lowest BCUT2D eigenvalue weighted by Crippen LogP contribution is -2.15. The Hall–Kier alpha value is -4.63. The van der Waals surface area contributed by atoms with Gasteiger partial charge in [-0.15, -0.1) is 0 Å². The van der Waals surface area contributed by atoms with E-state index in [0.29, 0.717) is 21.9 Å². The molecule has 0 saturated carbocycles. The Bertz CT molecular complexity index is 2190.